The standard InChI is InChI=1S/C21H31N3O2/c1-2-3-4-5-6-7-8-13-20(25)24-19(21(22)26)14-16-15-23-18-12-10-9-11-17(16)18/h9-12,15,19,23H,2-8,13-14H2,1H3,(H2,22,26)(H,24,25)/t19-/m0/s1. The average molecular weight is 357 g/mol. The predicted molar refractivity (Wildman–Crippen MR) is 106 cm³/mol. The van der Waals surface area contributed by atoms with Crippen LogP contribution in [0, 0.1) is 0 Å². The van der Waals surface area contributed by atoms with Gasteiger partial charge in [-0.3, -0.25) is 9.59 Å². The van der Waals surface area contributed by atoms with Crippen LogP contribution in [0.4, 0.5) is 0 Å². The number of primary amides is 1. The van der Waals surface area contributed by atoms with E-state index in [4.69, 9.17) is 5.73 Å². The van der Waals surface area contributed by atoms with E-state index in [1.54, 1.807) is 0 Å². The van der Waals surface area contributed by atoms with E-state index in [9.17, 15) is 9.59 Å². The monoisotopic (exact) mass is 357 g/mol. The van der Waals surface area contributed by atoms with Gasteiger partial charge >= 0.3 is 0 Å². The van der Waals surface area contributed by atoms with Crippen molar-refractivity contribution in [2.24, 2.45) is 5.73 Å². The van der Waals surface area contributed by atoms with E-state index in [0.29, 0.717) is 12.8 Å². The number of para-hydroxylation sites is 1. The average Bonchev–Trinajstić information content (AvgIpc) is 3.03. The molecular formula is C21H31N3O2. The lowest BCUT2D eigenvalue weighted by atomic mass is 10.0. The fraction of sp³-hybridized carbons (Fsp3) is 0.524. The van der Waals surface area contributed by atoms with Crippen LogP contribution in [0.5, 0.6) is 0 Å². The smallest absolute Gasteiger partial charge is 0.240 e. The highest BCUT2D eigenvalue weighted by Gasteiger charge is 2.20. The molecule has 2 amide bonds. The molecule has 2 aromatic rings. The molecule has 26 heavy (non-hydrogen) atoms. The number of aromatic amines is 1. The molecule has 0 saturated heterocycles. The SMILES string of the molecule is CCCCCCCCCC(=O)N[C@@H](Cc1c[nH]c2ccccc12)C(N)=O. The van der Waals surface area contributed by atoms with Crippen molar-refractivity contribution < 1.29 is 9.59 Å². The van der Waals surface area contributed by atoms with Gasteiger partial charge in [0.15, 0.2) is 0 Å². The van der Waals surface area contributed by atoms with Crippen LogP contribution in [0.3, 0.4) is 0 Å². The van der Waals surface area contributed by atoms with E-state index in [-0.39, 0.29) is 5.91 Å². The Balaban J connectivity index is 1.79. The van der Waals surface area contributed by atoms with E-state index < -0.39 is 11.9 Å². The molecule has 0 radical (unpaired) electrons. The van der Waals surface area contributed by atoms with Crippen LogP contribution in [-0.4, -0.2) is 22.8 Å². The number of carbonyl (C=O) groups is 2. The Bertz CT molecular complexity index is 708. The van der Waals surface area contributed by atoms with E-state index >= 15 is 0 Å². The topological polar surface area (TPSA) is 88.0 Å². The number of amides is 2. The van der Waals surface area contributed by atoms with Crippen LogP contribution in [0.15, 0.2) is 30.5 Å². The maximum Gasteiger partial charge on any atom is 0.240 e. The second-order valence-corrected chi connectivity index (χ2v) is 6.96. The van der Waals surface area contributed by atoms with E-state index in [1.165, 1.54) is 32.1 Å². The molecular weight excluding hydrogens is 326 g/mol. The van der Waals surface area contributed by atoms with Gasteiger partial charge in [0, 0.05) is 29.9 Å². The number of nitrogens with two attached hydrogens (primary N) is 1. The summed E-state index contributed by atoms with van der Waals surface area (Å²) in [5.41, 5.74) is 7.51. The Morgan fingerprint density at radius 3 is 2.50 bits per heavy atom. The van der Waals surface area contributed by atoms with E-state index in [1.807, 2.05) is 30.5 Å². The van der Waals surface area contributed by atoms with Crippen LogP contribution in [-0.2, 0) is 16.0 Å². The van der Waals surface area contributed by atoms with Crippen molar-refractivity contribution in [3.8, 4) is 0 Å². The van der Waals surface area contributed by atoms with Crippen molar-refractivity contribution in [1.82, 2.24) is 10.3 Å². The first-order valence-corrected chi connectivity index (χ1v) is 9.75. The molecule has 1 aromatic carbocycles. The third-order valence-electron chi connectivity index (χ3n) is 4.79. The Hall–Kier alpha value is -2.30. The van der Waals surface area contributed by atoms with Gasteiger partial charge in [-0.15, -0.1) is 0 Å². The number of benzene rings is 1. The molecule has 1 atom stereocenters. The van der Waals surface area contributed by atoms with Gasteiger partial charge in [0.1, 0.15) is 6.04 Å². The molecule has 0 bridgehead atoms. The number of aromatic nitrogens is 1. The third kappa shape index (κ3) is 6.21. The number of nitrogens with one attached hydrogen (secondary N) is 2. The Labute approximate surface area is 155 Å². The van der Waals surface area contributed by atoms with Crippen LogP contribution in [0.1, 0.15) is 63.9 Å². The van der Waals surface area contributed by atoms with Gasteiger partial charge in [-0.1, -0.05) is 63.6 Å². The quantitative estimate of drug-likeness (QED) is 0.504. The predicted octanol–water partition coefficient (Wildman–Crippen LogP) is 3.82. The first-order chi connectivity index (χ1) is 12.6. The molecule has 2 rings (SSSR count). The molecule has 0 spiro atoms. The van der Waals surface area contributed by atoms with Crippen molar-refractivity contribution in [2.75, 3.05) is 0 Å². The second kappa shape index (κ2) is 10.6. The first-order valence-electron chi connectivity index (χ1n) is 9.75. The molecule has 4 N–H and O–H groups in total. The van der Waals surface area contributed by atoms with Crippen LogP contribution >= 0.6 is 0 Å². The van der Waals surface area contributed by atoms with Gasteiger partial charge in [-0.05, 0) is 18.1 Å². The molecule has 1 heterocycles. The van der Waals surface area contributed by atoms with Crippen molar-refractivity contribution in [3.05, 3.63) is 36.0 Å². The summed E-state index contributed by atoms with van der Waals surface area (Å²) in [5, 5.41) is 3.86. The number of carbonyl (C=O) groups excluding carboxylic acids is 2. The van der Waals surface area contributed by atoms with E-state index in [0.717, 1.165) is 29.3 Å². The fourth-order valence-corrected chi connectivity index (χ4v) is 3.25. The minimum atomic E-state index is -0.675. The summed E-state index contributed by atoms with van der Waals surface area (Å²) < 4.78 is 0. The summed E-state index contributed by atoms with van der Waals surface area (Å²) in [5.74, 6) is -0.592. The number of rotatable bonds is 12. The molecule has 0 fully saturated rings. The minimum Gasteiger partial charge on any atom is -0.368 e. The number of hydrogen-bond donors (Lipinski definition) is 3. The molecule has 0 aliphatic rings. The molecule has 5 nitrogen and oxygen atoms in total. The van der Waals surface area contributed by atoms with Gasteiger partial charge in [0.25, 0.3) is 0 Å². The lowest BCUT2D eigenvalue weighted by molar-refractivity contribution is -0.127. The molecule has 0 unspecified atom stereocenters. The zero-order valence-electron chi connectivity index (χ0n) is 15.7. The molecule has 142 valence electrons. The third-order valence-corrected chi connectivity index (χ3v) is 4.79. The number of H-pyrrole nitrogens is 1. The lowest BCUT2D eigenvalue weighted by Crippen LogP contribution is -2.45. The van der Waals surface area contributed by atoms with Gasteiger partial charge < -0.3 is 16.0 Å². The van der Waals surface area contributed by atoms with Crippen LogP contribution < -0.4 is 11.1 Å². The summed E-state index contributed by atoms with van der Waals surface area (Å²) in [4.78, 5) is 27.1. The minimum absolute atomic E-state index is 0.0952. The maximum absolute atomic E-state index is 12.2. The fourth-order valence-electron chi connectivity index (χ4n) is 3.25. The summed E-state index contributed by atoms with van der Waals surface area (Å²) in [6.07, 6.45) is 10.9. The zero-order chi connectivity index (χ0) is 18.8. The normalized spacial score (nSPS) is 12.2. The molecule has 1 aromatic heterocycles. The van der Waals surface area contributed by atoms with Crippen molar-refractivity contribution in [3.63, 3.8) is 0 Å². The molecule has 5 heteroatoms. The van der Waals surface area contributed by atoms with Gasteiger partial charge in [0.05, 0.1) is 0 Å². The molecule has 0 aliphatic carbocycles. The lowest BCUT2D eigenvalue weighted by Gasteiger charge is -2.15. The second-order valence-electron chi connectivity index (χ2n) is 6.96. The van der Waals surface area contributed by atoms with Crippen LogP contribution in [0.25, 0.3) is 10.9 Å². The summed E-state index contributed by atoms with van der Waals surface area (Å²) >= 11 is 0. The van der Waals surface area contributed by atoms with Gasteiger partial charge in [-0.2, -0.15) is 0 Å². The highest BCUT2D eigenvalue weighted by Crippen LogP contribution is 2.19. The summed E-state index contributed by atoms with van der Waals surface area (Å²) in [6, 6.07) is 7.22. The van der Waals surface area contributed by atoms with E-state index in [2.05, 4.69) is 17.2 Å². The van der Waals surface area contributed by atoms with Gasteiger partial charge in [-0.25, -0.2) is 0 Å². The van der Waals surface area contributed by atoms with Gasteiger partial charge in [0.2, 0.25) is 11.8 Å². The Morgan fingerprint density at radius 1 is 1.08 bits per heavy atom. The first kappa shape index (κ1) is 20.0. The number of hydrogen-bond acceptors (Lipinski definition) is 2. The number of fused-ring (bicyclic) bond motifs is 1. The van der Waals surface area contributed by atoms with Crippen molar-refractivity contribution in [2.45, 2.75) is 70.8 Å². The highest BCUT2D eigenvalue weighted by atomic mass is 16.2. The summed E-state index contributed by atoms with van der Waals surface area (Å²) in [6.45, 7) is 2.20. The largest absolute Gasteiger partial charge is 0.368 e. The maximum atomic E-state index is 12.2. The Kier molecular flexibility index (Phi) is 8.19. The Morgan fingerprint density at radius 2 is 1.77 bits per heavy atom. The summed E-state index contributed by atoms with van der Waals surface area (Å²) in [7, 11) is 0. The molecule has 0 saturated carbocycles. The molecule has 0 aliphatic heterocycles. The number of unbranched alkanes of at least 4 members (excludes halogenated alkanes) is 6. The van der Waals surface area contributed by atoms with Crippen LogP contribution in [0.2, 0.25) is 0 Å². The van der Waals surface area contributed by atoms with Crippen molar-refractivity contribution in [1.29, 1.82) is 0 Å². The zero-order valence-corrected chi connectivity index (χ0v) is 15.7. The van der Waals surface area contributed by atoms with Crippen molar-refractivity contribution >= 4 is 22.7 Å². The highest BCUT2D eigenvalue weighted by molar-refractivity contribution is 5.88.